The van der Waals surface area contributed by atoms with Crippen molar-refractivity contribution in [3.8, 4) is 0 Å². The molecule has 0 aromatic heterocycles. The number of benzene rings is 2. The third-order valence-electron chi connectivity index (χ3n) is 4.90. The SMILES string of the molecule is Cc1ccc(S(=O)(=O)N(C)c2ccccc2C(=O)N2CCN(C=O)CC2)cc1. The molecule has 1 aliphatic rings. The van der Waals surface area contributed by atoms with Gasteiger partial charge in [-0.3, -0.25) is 13.9 Å². The molecule has 2 amide bonds. The van der Waals surface area contributed by atoms with Crippen LogP contribution in [0.4, 0.5) is 5.69 Å². The van der Waals surface area contributed by atoms with Crippen LogP contribution in [0.25, 0.3) is 0 Å². The number of carbonyl (C=O) groups excluding carboxylic acids is 2. The maximum absolute atomic E-state index is 13.0. The van der Waals surface area contributed by atoms with E-state index in [1.807, 2.05) is 6.92 Å². The molecule has 3 rings (SSSR count). The Bertz CT molecular complexity index is 965. The summed E-state index contributed by atoms with van der Waals surface area (Å²) in [6.07, 6.45) is 0.775. The first-order valence-electron chi connectivity index (χ1n) is 8.98. The number of rotatable bonds is 5. The molecular weight excluding hydrogens is 378 g/mol. The van der Waals surface area contributed by atoms with Gasteiger partial charge < -0.3 is 9.80 Å². The van der Waals surface area contributed by atoms with E-state index in [0.717, 1.165) is 16.3 Å². The van der Waals surface area contributed by atoms with Crippen LogP contribution in [0.5, 0.6) is 0 Å². The van der Waals surface area contributed by atoms with Crippen molar-refractivity contribution in [2.75, 3.05) is 37.5 Å². The lowest BCUT2D eigenvalue weighted by Crippen LogP contribution is -2.48. The number of hydrogen-bond donors (Lipinski definition) is 0. The molecule has 7 nitrogen and oxygen atoms in total. The zero-order chi connectivity index (χ0) is 20.3. The maximum Gasteiger partial charge on any atom is 0.264 e. The van der Waals surface area contributed by atoms with E-state index >= 15 is 0 Å². The van der Waals surface area contributed by atoms with E-state index in [2.05, 4.69) is 0 Å². The van der Waals surface area contributed by atoms with E-state index in [9.17, 15) is 18.0 Å². The normalized spacial score (nSPS) is 14.6. The highest BCUT2D eigenvalue weighted by Crippen LogP contribution is 2.27. The lowest BCUT2D eigenvalue weighted by molar-refractivity contribution is -0.119. The lowest BCUT2D eigenvalue weighted by atomic mass is 10.1. The van der Waals surface area contributed by atoms with Gasteiger partial charge in [0.2, 0.25) is 6.41 Å². The average Bonchev–Trinajstić information content (AvgIpc) is 2.73. The molecule has 0 radical (unpaired) electrons. The standard InChI is InChI=1S/C20H23N3O4S/c1-16-7-9-17(10-8-16)28(26,27)21(2)19-6-4-3-5-18(19)20(25)23-13-11-22(15-24)12-14-23/h3-10,15H,11-14H2,1-2H3. The highest BCUT2D eigenvalue weighted by molar-refractivity contribution is 7.92. The van der Waals surface area contributed by atoms with Gasteiger partial charge in [0.05, 0.1) is 16.1 Å². The molecule has 1 aliphatic heterocycles. The number of amides is 2. The highest BCUT2D eigenvalue weighted by Gasteiger charge is 2.28. The van der Waals surface area contributed by atoms with Gasteiger partial charge in [0.15, 0.2) is 0 Å². The Morgan fingerprint density at radius 2 is 1.61 bits per heavy atom. The Labute approximate surface area is 165 Å². The zero-order valence-corrected chi connectivity index (χ0v) is 16.7. The fourth-order valence-corrected chi connectivity index (χ4v) is 4.34. The summed E-state index contributed by atoms with van der Waals surface area (Å²) in [6.45, 7) is 3.66. The zero-order valence-electron chi connectivity index (χ0n) is 15.9. The number of piperazine rings is 1. The summed E-state index contributed by atoms with van der Waals surface area (Å²) in [5.74, 6) is -0.243. The fourth-order valence-electron chi connectivity index (χ4n) is 3.13. The van der Waals surface area contributed by atoms with Crippen molar-refractivity contribution in [3.05, 3.63) is 59.7 Å². The molecule has 0 N–H and O–H groups in total. The molecular formula is C20H23N3O4S. The van der Waals surface area contributed by atoms with Gasteiger partial charge in [0.25, 0.3) is 15.9 Å². The second-order valence-corrected chi connectivity index (χ2v) is 8.71. The second-order valence-electron chi connectivity index (χ2n) is 6.74. The van der Waals surface area contributed by atoms with Gasteiger partial charge in [0.1, 0.15) is 0 Å². The van der Waals surface area contributed by atoms with Crippen molar-refractivity contribution >= 4 is 28.0 Å². The van der Waals surface area contributed by atoms with Crippen molar-refractivity contribution in [3.63, 3.8) is 0 Å². The van der Waals surface area contributed by atoms with Crippen LogP contribution in [0.3, 0.4) is 0 Å². The Morgan fingerprint density at radius 3 is 2.21 bits per heavy atom. The smallest absolute Gasteiger partial charge is 0.264 e. The third kappa shape index (κ3) is 3.87. The molecule has 0 spiro atoms. The van der Waals surface area contributed by atoms with Gasteiger partial charge in [-0.1, -0.05) is 29.8 Å². The van der Waals surface area contributed by atoms with Crippen LogP contribution in [0.15, 0.2) is 53.4 Å². The van der Waals surface area contributed by atoms with Gasteiger partial charge in [-0.05, 0) is 31.2 Å². The molecule has 0 aliphatic carbocycles. The van der Waals surface area contributed by atoms with E-state index < -0.39 is 10.0 Å². The Hall–Kier alpha value is -2.87. The fraction of sp³-hybridized carbons (Fsp3) is 0.300. The molecule has 0 atom stereocenters. The van der Waals surface area contributed by atoms with E-state index in [4.69, 9.17) is 0 Å². The van der Waals surface area contributed by atoms with E-state index in [-0.39, 0.29) is 10.8 Å². The average molecular weight is 401 g/mol. The monoisotopic (exact) mass is 401 g/mol. The number of hydrogen-bond acceptors (Lipinski definition) is 4. The molecule has 0 bridgehead atoms. The molecule has 28 heavy (non-hydrogen) atoms. The molecule has 2 aromatic rings. The van der Waals surface area contributed by atoms with Gasteiger partial charge in [-0.2, -0.15) is 0 Å². The first-order valence-corrected chi connectivity index (χ1v) is 10.4. The molecule has 2 aromatic carbocycles. The van der Waals surface area contributed by atoms with E-state index in [1.165, 1.54) is 7.05 Å². The largest absolute Gasteiger partial charge is 0.342 e. The van der Waals surface area contributed by atoms with E-state index in [1.54, 1.807) is 58.3 Å². The minimum absolute atomic E-state index is 0.169. The first kappa shape index (κ1) is 19.9. The van der Waals surface area contributed by atoms with Crippen molar-refractivity contribution in [2.45, 2.75) is 11.8 Å². The van der Waals surface area contributed by atoms with Crippen molar-refractivity contribution in [2.24, 2.45) is 0 Å². The summed E-state index contributed by atoms with van der Waals surface area (Å²) in [5, 5.41) is 0. The minimum atomic E-state index is -3.80. The Kier molecular flexibility index (Phi) is 5.69. The van der Waals surface area contributed by atoms with Crippen LogP contribution in [-0.2, 0) is 14.8 Å². The predicted molar refractivity (Wildman–Crippen MR) is 107 cm³/mol. The summed E-state index contributed by atoms with van der Waals surface area (Å²) in [4.78, 5) is 27.3. The van der Waals surface area contributed by atoms with Gasteiger partial charge in [-0.25, -0.2) is 8.42 Å². The van der Waals surface area contributed by atoms with Crippen LogP contribution in [0.1, 0.15) is 15.9 Å². The summed E-state index contributed by atoms with van der Waals surface area (Å²) in [7, 11) is -2.35. The Balaban J connectivity index is 1.90. The van der Waals surface area contributed by atoms with Crippen LogP contribution in [-0.4, -0.2) is 63.8 Å². The van der Waals surface area contributed by atoms with Crippen molar-refractivity contribution < 1.29 is 18.0 Å². The third-order valence-corrected chi connectivity index (χ3v) is 6.69. The van der Waals surface area contributed by atoms with Gasteiger partial charge in [0, 0.05) is 33.2 Å². The molecule has 1 saturated heterocycles. The van der Waals surface area contributed by atoms with Crippen molar-refractivity contribution in [1.29, 1.82) is 0 Å². The summed E-state index contributed by atoms with van der Waals surface area (Å²) in [5.41, 5.74) is 1.61. The summed E-state index contributed by atoms with van der Waals surface area (Å²) in [6, 6.07) is 13.3. The number of carbonyl (C=O) groups is 2. The number of sulfonamides is 1. The topological polar surface area (TPSA) is 78.0 Å². The van der Waals surface area contributed by atoms with Crippen LogP contribution < -0.4 is 4.31 Å². The lowest BCUT2D eigenvalue weighted by Gasteiger charge is -2.33. The first-order chi connectivity index (χ1) is 13.3. The maximum atomic E-state index is 13.0. The van der Waals surface area contributed by atoms with Crippen molar-refractivity contribution in [1.82, 2.24) is 9.80 Å². The number of aryl methyl sites for hydroxylation is 1. The Morgan fingerprint density at radius 1 is 1.00 bits per heavy atom. The van der Waals surface area contributed by atoms with Crippen LogP contribution in [0, 0.1) is 6.92 Å². The molecule has 1 heterocycles. The number of para-hydroxylation sites is 1. The number of anilines is 1. The minimum Gasteiger partial charge on any atom is -0.342 e. The quantitative estimate of drug-likeness (QED) is 0.715. The van der Waals surface area contributed by atoms with Gasteiger partial charge >= 0.3 is 0 Å². The van der Waals surface area contributed by atoms with Crippen LogP contribution in [0.2, 0.25) is 0 Å². The molecule has 148 valence electrons. The molecule has 0 saturated carbocycles. The molecule has 1 fully saturated rings. The molecule has 0 unspecified atom stereocenters. The van der Waals surface area contributed by atoms with Gasteiger partial charge in [-0.15, -0.1) is 0 Å². The number of nitrogens with zero attached hydrogens (tertiary/aromatic N) is 3. The summed E-state index contributed by atoms with van der Waals surface area (Å²) < 4.78 is 27.2. The summed E-state index contributed by atoms with van der Waals surface area (Å²) >= 11 is 0. The molecule has 8 heteroatoms. The highest BCUT2D eigenvalue weighted by atomic mass is 32.2. The van der Waals surface area contributed by atoms with Crippen LogP contribution >= 0.6 is 0 Å². The second kappa shape index (κ2) is 8.02. The predicted octanol–water partition coefficient (Wildman–Crippen LogP) is 1.73. The van der Waals surface area contributed by atoms with E-state index in [0.29, 0.717) is 37.4 Å².